The summed E-state index contributed by atoms with van der Waals surface area (Å²) in [5, 5.41) is 11.0. The minimum Gasteiger partial charge on any atom is -0.0654 e. The SMILES string of the molecule is CCCCCCCCCCCCCCC1(CCCCCCCCCCCCCC)C2=C(/C(=N/[Se])C(=N)[C]([Sn]([CH2]CCC)([CH2]CCC)[CH2]CCC)=C2)c2c(F)c3c(c(F)c21)-c1c(c[c]([Sn]([CH2]CCC)([CH2]CCC)[CH2]CCC)c2n[se]nc12)C3(CCCCCCCCCCCCCC)CCCCCCCCCCCCCC. The van der Waals surface area contributed by atoms with Crippen molar-refractivity contribution in [3.8, 4) is 11.1 Å². The Kier molecular flexibility index (Phi) is 51.3. The Morgan fingerprint density at radius 2 is 0.618 bits per heavy atom. The summed E-state index contributed by atoms with van der Waals surface area (Å²) in [4.78, 5) is 0. The number of aromatic nitrogens is 2. The molecular formula is C100H173F2N4Se2Sn2. The van der Waals surface area contributed by atoms with Crippen molar-refractivity contribution in [1.29, 1.82) is 5.41 Å². The number of fused-ring (bicyclic) bond motifs is 7. The Hall–Kier alpha value is -0.644. The van der Waals surface area contributed by atoms with Gasteiger partial charge >= 0.3 is 554 Å². The van der Waals surface area contributed by atoms with Crippen LogP contribution >= 0.6 is 0 Å². The molecule has 110 heavy (non-hydrogen) atoms. The van der Waals surface area contributed by atoms with E-state index in [0.717, 1.165) is 118 Å². The third kappa shape index (κ3) is 28.8. The van der Waals surface area contributed by atoms with Gasteiger partial charge in [-0.1, -0.05) is 156 Å². The van der Waals surface area contributed by atoms with Crippen LogP contribution in [0.1, 0.15) is 502 Å². The van der Waals surface area contributed by atoms with Crippen LogP contribution in [0.4, 0.5) is 8.78 Å². The van der Waals surface area contributed by atoms with Crippen molar-refractivity contribution in [3.63, 3.8) is 0 Å². The molecule has 1 radical (unpaired) electrons. The zero-order valence-electron chi connectivity index (χ0n) is 74.1. The molecule has 1 N–H and O–H groups in total. The van der Waals surface area contributed by atoms with Crippen LogP contribution in [0.3, 0.4) is 0 Å². The molecule has 3 aliphatic rings. The van der Waals surface area contributed by atoms with Crippen molar-refractivity contribution in [2.24, 2.45) is 4.01 Å². The molecule has 10 heteroatoms. The minimum atomic E-state index is -3.50. The minimum absolute atomic E-state index is 0.128. The summed E-state index contributed by atoms with van der Waals surface area (Å²) in [5.41, 5.74) is 8.45. The molecule has 2 aromatic carbocycles. The summed E-state index contributed by atoms with van der Waals surface area (Å²) in [6, 6.07) is 2.74. The van der Waals surface area contributed by atoms with Crippen LogP contribution < -0.4 is 3.58 Å². The standard InChI is InChI=1S/C76H119F2N4Se2.6C4H9.2Sn/c1-5-9-13-17-21-25-29-33-37-41-45-49-57-75(58-50-46-42-38-34-30-26-22-18-14-10-6-2)61-53-55-63(79)73(80-83)65(61)67-69(75)72(78)68-66-62(54-56-64-74(66)82-84-81-64)76(70(68)71(67)77,59-51-47-43-39-35-31-27-23-19-15-11-7-3)60-52-48-44-40-36-32-28-24-20-16-12-8-4;6*1-3-4-2;;/h53-54,79H,5-52,57-60H2,1-4H3;6*1,3-4H2,2H3;;/b79-63?,80-73+;;;;;;;;. The van der Waals surface area contributed by atoms with Gasteiger partial charge in [-0.15, -0.1) is 0 Å². The van der Waals surface area contributed by atoms with E-state index < -0.39 is 47.6 Å². The van der Waals surface area contributed by atoms with Crippen LogP contribution in [0.25, 0.3) is 27.7 Å². The Balaban J connectivity index is 1.67. The van der Waals surface area contributed by atoms with Gasteiger partial charge in [-0.2, -0.15) is 0 Å². The van der Waals surface area contributed by atoms with Gasteiger partial charge in [0.05, 0.1) is 0 Å². The van der Waals surface area contributed by atoms with E-state index in [9.17, 15) is 5.41 Å². The van der Waals surface area contributed by atoms with Crippen LogP contribution in [0.15, 0.2) is 25.3 Å². The average Bonchev–Trinajstić information content (AvgIpc) is 1.50. The second-order valence-corrected chi connectivity index (χ2v) is 64.2. The Morgan fingerprint density at radius 1 is 0.345 bits per heavy atom. The molecule has 6 rings (SSSR count). The van der Waals surface area contributed by atoms with Gasteiger partial charge in [0, 0.05) is 0 Å². The maximum absolute atomic E-state index is 21.4. The van der Waals surface area contributed by atoms with Gasteiger partial charge in [-0.25, -0.2) is 0 Å². The zero-order chi connectivity index (χ0) is 79.0. The first-order valence-corrected chi connectivity index (χ1v) is 66.4. The van der Waals surface area contributed by atoms with Crippen molar-refractivity contribution >= 4 is 99.6 Å². The van der Waals surface area contributed by atoms with E-state index in [4.69, 9.17) is 12.0 Å². The Labute approximate surface area is 703 Å². The van der Waals surface area contributed by atoms with Crippen molar-refractivity contribution in [1.82, 2.24) is 7.96 Å². The predicted molar refractivity (Wildman–Crippen MR) is 492 cm³/mol. The summed E-state index contributed by atoms with van der Waals surface area (Å²) in [6.45, 7) is 23.6. The number of nitrogens with zero attached hydrogens (tertiary/aromatic N) is 3. The fraction of sp³-hybridized carbons (Fsp3) is 0.820. The molecule has 1 heterocycles. The molecule has 0 spiro atoms. The average molecular weight is 1860 g/mol. The number of benzene rings is 2. The van der Waals surface area contributed by atoms with Crippen LogP contribution in [-0.2, 0) is 10.8 Å². The van der Waals surface area contributed by atoms with Gasteiger partial charge in [-0.3, -0.25) is 0 Å². The molecule has 0 aliphatic heterocycles. The third-order valence-electron chi connectivity index (χ3n) is 27.8. The van der Waals surface area contributed by atoms with Gasteiger partial charge < -0.3 is 0 Å². The summed E-state index contributed by atoms with van der Waals surface area (Å²) >= 11 is -4.00. The summed E-state index contributed by atoms with van der Waals surface area (Å²) in [6.07, 6.45) is 81.3. The van der Waals surface area contributed by atoms with Crippen LogP contribution in [0.5, 0.6) is 0 Å². The fourth-order valence-corrected chi connectivity index (χ4v) is 56.1. The van der Waals surface area contributed by atoms with E-state index in [-0.39, 0.29) is 26.6 Å². The third-order valence-corrected chi connectivity index (χ3v) is 60.5. The second kappa shape index (κ2) is 57.5. The number of rotatable bonds is 72. The van der Waals surface area contributed by atoms with Crippen LogP contribution in [0, 0.1) is 17.0 Å². The van der Waals surface area contributed by atoms with E-state index in [1.54, 1.807) is 3.58 Å². The number of unbranched alkanes of at least 4 members (excludes halogenated alkanes) is 50. The molecule has 0 bridgehead atoms. The number of allylic oxidation sites excluding steroid dienone is 4. The Bertz CT molecular complexity index is 2990. The van der Waals surface area contributed by atoms with Gasteiger partial charge in [0.2, 0.25) is 0 Å². The second-order valence-electron chi connectivity index (χ2n) is 36.5. The molecular weight excluding hydrogens is 1690 g/mol. The van der Waals surface area contributed by atoms with Crippen LogP contribution in [0.2, 0.25) is 26.6 Å². The van der Waals surface area contributed by atoms with E-state index in [1.807, 2.05) is 0 Å². The molecule has 0 saturated carbocycles. The first-order valence-electron chi connectivity index (χ1n) is 49.1. The molecule has 0 fully saturated rings. The smallest absolute Gasteiger partial charge is 0.0654 e. The molecule has 627 valence electrons. The first kappa shape index (κ1) is 98.2. The van der Waals surface area contributed by atoms with E-state index in [0.29, 0.717) is 33.7 Å². The van der Waals surface area contributed by atoms with Gasteiger partial charge in [0.25, 0.3) is 0 Å². The molecule has 3 aromatic rings. The van der Waals surface area contributed by atoms with Crippen molar-refractivity contribution < 1.29 is 8.78 Å². The molecule has 0 amide bonds. The predicted octanol–water partition coefficient (Wildman–Crippen LogP) is 33.5. The quantitative estimate of drug-likeness (QED) is 0.0348. The molecule has 1 aromatic heterocycles. The van der Waals surface area contributed by atoms with Crippen molar-refractivity contribution in [2.75, 3.05) is 0 Å². The summed E-state index contributed by atoms with van der Waals surface area (Å²) < 4.78 is 70.0. The number of hydrogen-bond donors (Lipinski definition) is 1. The molecule has 0 unspecified atom stereocenters. The maximum atomic E-state index is 21.4. The molecule has 0 atom stereocenters. The van der Waals surface area contributed by atoms with E-state index in [1.165, 1.54) is 356 Å². The fourth-order valence-electron chi connectivity index (χ4n) is 21.1. The Morgan fingerprint density at radius 3 is 0.936 bits per heavy atom. The van der Waals surface area contributed by atoms with E-state index >= 15 is 8.78 Å². The zero-order valence-corrected chi connectivity index (χ0v) is 83.2. The molecule has 3 aliphatic carbocycles. The summed E-state index contributed by atoms with van der Waals surface area (Å²) in [7, 11) is 0. The summed E-state index contributed by atoms with van der Waals surface area (Å²) in [5.74, 6) is -0.279. The number of halogens is 2. The number of nitrogens with one attached hydrogen (secondary N) is 1. The monoisotopic (exact) mass is 1870 g/mol. The number of hydrogen-bond acceptors (Lipinski definition) is 4. The molecule has 4 nitrogen and oxygen atoms in total. The van der Waals surface area contributed by atoms with Gasteiger partial charge in [0.1, 0.15) is 0 Å². The molecule has 0 saturated heterocycles. The van der Waals surface area contributed by atoms with Crippen molar-refractivity contribution in [3.05, 3.63) is 55.2 Å². The first-order chi connectivity index (χ1) is 54.0. The van der Waals surface area contributed by atoms with Crippen molar-refractivity contribution in [2.45, 2.75) is 518 Å². The van der Waals surface area contributed by atoms with Crippen LogP contribution in [-0.4, -0.2) is 87.3 Å². The van der Waals surface area contributed by atoms with E-state index in [2.05, 4.69) is 97.6 Å². The normalized spacial score (nSPS) is 15.0. The van der Waals surface area contributed by atoms with Gasteiger partial charge in [-0.05, 0) is 0 Å². The van der Waals surface area contributed by atoms with Gasteiger partial charge in [0.15, 0.2) is 0 Å². The topological polar surface area (TPSA) is 62.0 Å².